The Hall–Kier alpha value is -16.3. The lowest BCUT2D eigenvalue weighted by Crippen LogP contribution is -2.13. The zero-order valence-electron chi connectivity index (χ0n) is 62.0. The van der Waals surface area contributed by atoms with Crippen LogP contribution in [0.4, 0.5) is 28.4 Å². The maximum atomic E-state index is 12.8. The number of fused-ring (bicyclic) bond motifs is 2. The van der Waals surface area contributed by atoms with Crippen LogP contribution in [0.1, 0.15) is 111 Å². The number of hydrogen-bond acceptors (Lipinski definition) is 18. The number of nitrogens with one attached hydrogen (secondary N) is 4. The van der Waals surface area contributed by atoms with E-state index >= 15 is 0 Å². The lowest BCUT2D eigenvalue weighted by atomic mass is 10.0. The maximum Gasteiger partial charge on any atom is 0.273 e. The SMILES string of the molecule is Cc1ccc(C(=O)Nc2cccc(COc3cncc(C(N)=O)c3)c2)cc1[N+](=O)[O-].NC(=O)c1cncc(OCc2cccc(NC(=O)c3ccc4ccccc4c3)c2)c1.NC(=O)c1cncc(OCc2cccc(NC(=O)c3cccc4ccccc34)c2)c1.NC(=O)c1cncc(OCc2cccc(NC(=O)c3ccccc3)c2)c1. The number of aryl methyl sites for hydroxylation is 1. The van der Waals surface area contributed by atoms with Gasteiger partial charge in [0.2, 0.25) is 23.6 Å². The first-order valence-corrected chi connectivity index (χ1v) is 35.5. The summed E-state index contributed by atoms with van der Waals surface area (Å²) in [4.78, 5) is 121. The molecule has 14 aromatic rings. The van der Waals surface area contributed by atoms with Crippen molar-refractivity contribution in [2.45, 2.75) is 33.4 Å². The quantitative estimate of drug-likeness (QED) is 0.0195. The molecule has 4 aromatic heterocycles. The molecular formula is C89H73N13O14. The van der Waals surface area contributed by atoms with E-state index < -0.39 is 34.5 Å². The first kappa shape index (κ1) is 80.7. The molecule has 0 saturated carbocycles. The second-order valence-corrected chi connectivity index (χ2v) is 25.6. The first-order valence-electron chi connectivity index (χ1n) is 35.5. The minimum absolute atomic E-state index is 0.114. The van der Waals surface area contributed by atoms with Gasteiger partial charge in [0.25, 0.3) is 29.3 Å². The van der Waals surface area contributed by atoms with E-state index in [0.29, 0.717) is 68.0 Å². The van der Waals surface area contributed by atoms with Gasteiger partial charge in [0.15, 0.2) is 0 Å². The van der Waals surface area contributed by atoms with Gasteiger partial charge in [-0.1, -0.05) is 140 Å². The fraction of sp³-hybridized carbons (Fsp3) is 0.0562. The Morgan fingerprint density at radius 1 is 0.319 bits per heavy atom. The van der Waals surface area contributed by atoms with Crippen LogP contribution in [0.3, 0.4) is 0 Å². The summed E-state index contributed by atoms with van der Waals surface area (Å²) in [7, 11) is 0. The van der Waals surface area contributed by atoms with Crippen LogP contribution < -0.4 is 63.1 Å². The maximum absolute atomic E-state index is 12.8. The van der Waals surface area contributed by atoms with Crippen LogP contribution in [-0.4, -0.2) is 72.1 Å². The number of nitrogens with zero attached hydrogens (tertiary/aromatic N) is 5. The third kappa shape index (κ3) is 23.4. The van der Waals surface area contributed by atoms with E-state index in [4.69, 9.17) is 41.9 Å². The summed E-state index contributed by atoms with van der Waals surface area (Å²) in [5.41, 5.74) is 30.2. The number of rotatable bonds is 25. The Morgan fingerprint density at radius 2 is 0.655 bits per heavy atom. The van der Waals surface area contributed by atoms with E-state index in [9.17, 15) is 48.5 Å². The van der Waals surface area contributed by atoms with E-state index in [2.05, 4.69) is 41.2 Å². The summed E-state index contributed by atoms with van der Waals surface area (Å²) >= 11 is 0. The molecule has 27 nitrogen and oxygen atoms in total. The summed E-state index contributed by atoms with van der Waals surface area (Å²) < 4.78 is 22.7. The minimum atomic E-state index is -0.603. The van der Waals surface area contributed by atoms with Gasteiger partial charge in [-0.3, -0.25) is 68.4 Å². The number of benzene rings is 10. The highest BCUT2D eigenvalue weighted by atomic mass is 16.6. The number of ether oxygens (including phenoxy) is 4. The van der Waals surface area contributed by atoms with Gasteiger partial charge < -0.3 is 63.1 Å². The number of anilines is 4. The minimum Gasteiger partial charge on any atom is -0.487 e. The van der Waals surface area contributed by atoms with Gasteiger partial charge in [0, 0.05) is 81.4 Å². The molecule has 0 aliphatic carbocycles. The van der Waals surface area contributed by atoms with Gasteiger partial charge >= 0.3 is 0 Å². The highest BCUT2D eigenvalue weighted by Crippen LogP contribution is 2.26. The number of pyridine rings is 4. The Kier molecular flexibility index (Phi) is 27.4. The molecule has 0 bridgehead atoms. The normalized spacial score (nSPS) is 10.4. The number of nitro groups is 1. The molecule has 0 fully saturated rings. The molecule has 12 N–H and O–H groups in total. The third-order valence-electron chi connectivity index (χ3n) is 17.1. The van der Waals surface area contributed by atoms with Crippen molar-refractivity contribution in [1.82, 2.24) is 19.9 Å². The lowest BCUT2D eigenvalue weighted by Gasteiger charge is -2.10. The van der Waals surface area contributed by atoms with Crippen LogP contribution in [0.15, 0.2) is 304 Å². The second kappa shape index (κ2) is 39.4. The van der Waals surface area contributed by atoms with E-state index in [1.807, 2.05) is 170 Å². The average Bonchev–Trinajstić information content (AvgIpc) is 0.813. The molecule has 10 aromatic carbocycles. The van der Waals surface area contributed by atoms with E-state index in [-0.39, 0.29) is 77.7 Å². The number of nitro benzene ring substituents is 1. The molecule has 0 saturated heterocycles. The van der Waals surface area contributed by atoms with Gasteiger partial charge in [0.05, 0.1) is 52.0 Å². The van der Waals surface area contributed by atoms with Gasteiger partial charge in [-0.2, -0.15) is 0 Å². The molecular weight excluding hydrogens is 1480 g/mol. The van der Waals surface area contributed by atoms with Crippen LogP contribution in [0, 0.1) is 17.0 Å². The van der Waals surface area contributed by atoms with Crippen molar-refractivity contribution in [3.8, 4) is 23.0 Å². The predicted octanol–water partition coefficient (Wildman–Crippen LogP) is 14.6. The molecule has 8 amide bonds. The molecule has 578 valence electrons. The number of primary amides is 4. The Labute approximate surface area is 663 Å². The highest BCUT2D eigenvalue weighted by molar-refractivity contribution is 6.13. The number of amides is 8. The summed E-state index contributed by atoms with van der Waals surface area (Å²) in [5.74, 6) is -1.59. The van der Waals surface area contributed by atoms with Gasteiger partial charge in [-0.05, 0) is 160 Å². The number of nitrogens with two attached hydrogens (primary N) is 4. The average molecular weight is 1550 g/mol. The largest absolute Gasteiger partial charge is 0.487 e. The summed E-state index contributed by atoms with van der Waals surface area (Å²) in [6.07, 6.45) is 11.5. The monoisotopic (exact) mass is 1550 g/mol. The Bertz CT molecular complexity index is 5960. The predicted molar refractivity (Wildman–Crippen MR) is 438 cm³/mol. The highest BCUT2D eigenvalue weighted by Gasteiger charge is 2.18. The Morgan fingerprint density at radius 3 is 1.06 bits per heavy atom. The van der Waals surface area contributed by atoms with Crippen LogP contribution in [0.5, 0.6) is 23.0 Å². The molecule has 0 unspecified atom stereocenters. The van der Waals surface area contributed by atoms with Crippen molar-refractivity contribution in [1.29, 1.82) is 0 Å². The van der Waals surface area contributed by atoms with Crippen LogP contribution >= 0.6 is 0 Å². The van der Waals surface area contributed by atoms with Crippen LogP contribution in [0.25, 0.3) is 21.5 Å². The third-order valence-corrected chi connectivity index (χ3v) is 17.1. The van der Waals surface area contributed by atoms with Crippen LogP contribution in [-0.2, 0) is 26.4 Å². The molecule has 0 aliphatic heterocycles. The van der Waals surface area contributed by atoms with E-state index in [1.54, 1.807) is 61.5 Å². The molecule has 4 heterocycles. The molecule has 116 heavy (non-hydrogen) atoms. The van der Waals surface area contributed by atoms with E-state index in [1.165, 1.54) is 79.9 Å². The Balaban J connectivity index is 0.000000152. The molecule has 0 radical (unpaired) electrons. The summed E-state index contributed by atoms with van der Waals surface area (Å²) in [6.45, 7) is 2.55. The van der Waals surface area contributed by atoms with E-state index in [0.717, 1.165) is 43.8 Å². The first-order chi connectivity index (χ1) is 56.1. The second-order valence-electron chi connectivity index (χ2n) is 25.6. The zero-order valence-corrected chi connectivity index (χ0v) is 62.0. The van der Waals surface area contributed by atoms with Crippen molar-refractivity contribution in [3.05, 3.63) is 387 Å². The van der Waals surface area contributed by atoms with Gasteiger partial charge in [-0.25, -0.2) is 0 Å². The lowest BCUT2D eigenvalue weighted by molar-refractivity contribution is -0.385. The topological polar surface area (TPSA) is 420 Å². The number of aromatic nitrogens is 4. The molecule has 27 heteroatoms. The molecule has 14 rings (SSSR count). The molecule has 0 spiro atoms. The fourth-order valence-electron chi connectivity index (χ4n) is 11.3. The summed E-state index contributed by atoms with van der Waals surface area (Å²) in [6, 6.07) is 75.4. The standard InChI is InChI=1S/2C24H19N3O3.C21H18N4O5.C20H17N3O3/c25-23(28)18-12-20(14-26-13-18)30-15-16-5-3-8-19(11-16)27-24(29)22-10-4-7-17-6-1-2-9-21(17)22;25-23(28)20-12-22(14-26-13-20)30-15-16-4-3-7-21(10-16)27-24(29)19-9-8-17-5-1-2-6-18(17)11-19;1-13-5-6-15(9-19(13)25(28)29)21(27)24-17-4-2-3-14(7-17)12-30-18-8-16(20(22)26)10-23-11-18;21-19(24)16-10-18(12-22-11-16)26-13-14-5-4-8-17(9-14)23-20(25)15-6-2-1-3-7-15/h2*1-14H,15H2,(H2,25,28)(H,27,29);2-11H,12H2,1H3,(H2,22,26)(H,24,27);1-12H,13H2,(H2,21,24)(H,23,25). The van der Waals surface area contributed by atoms with Crippen LogP contribution in [0.2, 0.25) is 0 Å². The van der Waals surface area contributed by atoms with Gasteiger partial charge in [-0.15, -0.1) is 0 Å². The van der Waals surface area contributed by atoms with Crippen molar-refractivity contribution in [3.63, 3.8) is 0 Å². The number of hydrogen-bond donors (Lipinski definition) is 8. The number of carbonyl (C=O) groups is 8. The van der Waals surface area contributed by atoms with Crippen molar-refractivity contribution in [2.24, 2.45) is 22.9 Å². The summed E-state index contributed by atoms with van der Waals surface area (Å²) in [5, 5.41) is 26.5. The number of carbonyl (C=O) groups excluding carboxylic acids is 8. The smallest absolute Gasteiger partial charge is 0.273 e. The van der Waals surface area contributed by atoms with Crippen molar-refractivity contribution in [2.75, 3.05) is 21.3 Å². The molecule has 0 atom stereocenters. The molecule has 0 aliphatic rings. The van der Waals surface area contributed by atoms with Crippen molar-refractivity contribution >= 4 is 97.2 Å². The zero-order chi connectivity index (χ0) is 81.9. The van der Waals surface area contributed by atoms with Crippen molar-refractivity contribution < 1.29 is 62.2 Å². The van der Waals surface area contributed by atoms with Gasteiger partial charge in [0.1, 0.15) is 49.4 Å². The fourth-order valence-corrected chi connectivity index (χ4v) is 11.3.